The fourth-order valence-electron chi connectivity index (χ4n) is 4.12. The van der Waals surface area contributed by atoms with E-state index in [0.29, 0.717) is 15.9 Å². The third-order valence-corrected chi connectivity index (χ3v) is 7.12. The molecule has 38 heavy (non-hydrogen) atoms. The molecule has 0 saturated heterocycles. The quantitative estimate of drug-likeness (QED) is 0.186. The molecule has 0 aliphatic carbocycles. The molecule has 5 aromatic rings. The van der Waals surface area contributed by atoms with Crippen molar-refractivity contribution in [3.05, 3.63) is 93.9 Å². The number of thiophene rings is 1. The van der Waals surface area contributed by atoms with E-state index in [0.717, 1.165) is 28.1 Å². The SMILES string of the molecule is COc1ccc(-c2cc(-c3ccccc3)nc3sc(C(=O)Nc4ccc([N+](=O)[O-])cc4OC)c(N)c23)cc1. The summed E-state index contributed by atoms with van der Waals surface area (Å²) in [6.07, 6.45) is 0. The van der Waals surface area contributed by atoms with Gasteiger partial charge in [0.2, 0.25) is 0 Å². The summed E-state index contributed by atoms with van der Waals surface area (Å²) in [6, 6.07) is 23.3. The molecule has 5 rings (SSSR count). The van der Waals surface area contributed by atoms with Crippen LogP contribution in [0.15, 0.2) is 78.9 Å². The van der Waals surface area contributed by atoms with Crippen LogP contribution in [0.5, 0.6) is 11.5 Å². The molecule has 0 fully saturated rings. The van der Waals surface area contributed by atoms with Crippen LogP contribution >= 0.6 is 11.3 Å². The van der Waals surface area contributed by atoms with E-state index in [1.807, 2.05) is 60.7 Å². The number of fused-ring (bicyclic) bond motifs is 1. The Morgan fingerprint density at radius 2 is 1.71 bits per heavy atom. The van der Waals surface area contributed by atoms with Crippen molar-refractivity contribution < 1.29 is 19.2 Å². The highest BCUT2D eigenvalue weighted by Crippen LogP contribution is 2.42. The van der Waals surface area contributed by atoms with Gasteiger partial charge in [-0.05, 0) is 35.4 Å². The number of nitro groups is 1. The Hall–Kier alpha value is -4.96. The van der Waals surface area contributed by atoms with Crippen LogP contribution in [-0.4, -0.2) is 30.0 Å². The van der Waals surface area contributed by atoms with Crippen LogP contribution in [0, 0.1) is 10.1 Å². The van der Waals surface area contributed by atoms with Crippen LogP contribution in [-0.2, 0) is 0 Å². The predicted octanol–water partition coefficient (Wildman–Crippen LogP) is 6.39. The second-order valence-corrected chi connectivity index (χ2v) is 9.27. The van der Waals surface area contributed by atoms with Crippen LogP contribution in [0.25, 0.3) is 32.6 Å². The van der Waals surface area contributed by atoms with Crippen molar-refractivity contribution in [2.24, 2.45) is 0 Å². The number of amides is 1. The second kappa shape index (κ2) is 10.2. The third kappa shape index (κ3) is 4.60. The number of nitrogen functional groups attached to an aromatic ring is 1. The Kier molecular flexibility index (Phi) is 6.63. The van der Waals surface area contributed by atoms with Crippen molar-refractivity contribution in [3.8, 4) is 33.9 Å². The molecule has 0 atom stereocenters. The number of aromatic nitrogens is 1. The van der Waals surface area contributed by atoms with E-state index in [1.165, 1.54) is 36.6 Å². The summed E-state index contributed by atoms with van der Waals surface area (Å²) in [5.74, 6) is 0.410. The second-order valence-electron chi connectivity index (χ2n) is 8.27. The number of carbonyl (C=O) groups excluding carboxylic acids is 1. The molecule has 9 nitrogen and oxygen atoms in total. The Morgan fingerprint density at radius 1 is 0.974 bits per heavy atom. The molecule has 1 amide bonds. The highest BCUT2D eigenvalue weighted by Gasteiger charge is 2.23. The number of non-ortho nitro benzene ring substituents is 1. The van der Waals surface area contributed by atoms with Gasteiger partial charge in [0.1, 0.15) is 21.2 Å². The minimum atomic E-state index is -0.533. The van der Waals surface area contributed by atoms with Crippen LogP contribution in [0.1, 0.15) is 9.67 Å². The lowest BCUT2D eigenvalue weighted by Gasteiger charge is -2.10. The van der Waals surface area contributed by atoms with E-state index < -0.39 is 10.8 Å². The molecular weight excluding hydrogens is 504 g/mol. The Morgan fingerprint density at radius 3 is 2.37 bits per heavy atom. The average molecular weight is 527 g/mol. The topological polar surface area (TPSA) is 130 Å². The first-order valence-electron chi connectivity index (χ1n) is 11.5. The van der Waals surface area contributed by atoms with E-state index in [-0.39, 0.29) is 22.0 Å². The van der Waals surface area contributed by atoms with Gasteiger partial charge in [-0.1, -0.05) is 42.5 Å². The summed E-state index contributed by atoms with van der Waals surface area (Å²) in [5, 5.41) is 14.5. The molecule has 190 valence electrons. The van der Waals surface area contributed by atoms with E-state index in [4.69, 9.17) is 20.2 Å². The minimum Gasteiger partial charge on any atom is -0.497 e. The zero-order chi connectivity index (χ0) is 26.8. The number of benzene rings is 3. The molecule has 0 aliphatic heterocycles. The van der Waals surface area contributed by atoms with Crippen molar-refractivity contribution in [2.75, 3.05) is 25.3 Å². The minimum absolute atomic E-state index is 0.150. The largest absolute Gasteiger partial charge is 0.497 e. The number of carbonyl (C=O) groups is 1. The molecule has 0 unspecified atom stereocenters. The number of nitro benzene ring substituents is 1. The summed E-state index contributed by atoms with van der Waals surface area (Å²) < 4.78 is 10.6. The molecule has 3 N–H and O–H groups in total. The van der Waals surface area contributed by atoms with Gasteiger partial charge < -0.3 is 20.5 Å². The summed E-state index contributed by atoms with van der Waals surface area (Å²) in [6.45, 7) is 0. The van der Waals surface area contributed by atoms with Gasteiger partial charge in [0.25, 0.3) is 11.6 Å². The number of anilines is 2. The summed E-state index contributed by atoms with van der Waals surface area (Å²) in [4.78, 5) is 29.7. The van der Waals surface area contributed by atoms with Crippen molar-refractivity contribution >= 4 is 44.5 Å². The van der Waals surface area contributed by atoms with Gasteiger partial charge in [-0.25, -0.2) is 4.98 Å². The van der Waals surface area contributed by atoms with Crippen LogP contribution in [0.4, 0.5) is 17.1 Å². The normalized spacial score (nSPS) is 10.8. The molecule has 2 aromatic heterocycles. The van der Waals surface area contributed by atoms with Crippen LogP contribution in [0.2, 0.25) is 0 Å². The molecule has 3 aromatic carbocycles. The lowest BCUT2D eigenvalue weighted by atomic mass is 9.99. The highest BCUT2D eigenvalue weighted by molar-refractivity contribution is 7.21. The third-order valence-electron chi connectivity index (χ3n) is 6.02. The standard InChI is InChI=1S/C28H22N4O5S/c1-36-19-11-8-16(9-12-19)20-15-22(17-6-4-3-5-7-17)31-28-24(20)25(29)26(38-28)27(33)30-21-13-10-18(32(34)35)14-23(21)37-2/h3-15H,29H2,1-2H3,(H,30,33). The highest BCUT2D eigenvalue weighted by atomic mass is 32.1. The average Bonchev–Trinajstić information content (AvgIpc) is 3.29. The van der Waals surface area contributed by atoms with E-state index in [9.17, 15) is 14.9 Å². The number of pyridine rings is 1. The number of methoxy groups -OCH3 is 2. The zero-order valence-corrected chi connectivity index (χ0v) is 21.2. The van der Waals surface area contributed by atoms with Gasteiger partial charge in [-0.2, -0.15) is 0 Å². The fourth-order valence-corrected chi connectivity index (χ4v) is 5.14. The van der Waals surface area contributed by atoms with Crippen molar-refractivity contribution in [1.82, 2.24) is 4.98 Å². The molecule has 0 aliphatic rings. The first kappa shape index (κ1) is 24.7. The molecule has 10 heteroatoms. The number of rotatable bonds is 7. The summed E-state index contributed by atoms with van der Waals surface area (Å²) in [7, 11) is 2.98. The molecule has 2 heterocycles. The molecule has 0 bridgehead atoms. The van der Waals surface area contributed by atoms with Crippen molar-refractivity contribution in [1.29, 1.82) is 0 Å². The first-order valence-corrected chi connectivity index (χ1v) is 12.3. The van der Waals surface area contributed by atoms with Crippen LogP contribution in [0.3, 0.4) is 0 Å². The van der Waals surface area contributed by atoms with Gasteiger partial charge in [-0.15, -0.1) is 11.3 Å². The molecular formula is C28H22N4O5S. The zero-order valence-electron chi connectivity index (χ0n) is 20.4. The number of hydrogen-bond donors (Lipinski definition) is 2. The molecule has 0 spiro atoms. The maximum absolute atomic E-state index is 13.4. The number of nitrogens with zero attached hydrogens (tertiary/aromatic N) is 2. The summed E-state index contributed by atoms with van der Waals surface area (Å²) >= 11 is 1.18. The van der Waals surface area contributed by atoms with Gasteiger partial charge in [0, 0.05) is 17.0 Å². The van der Waals surface area contributed by atoms with E-state index in [2.05, 4.69) is 5.32 Å². The van der Waals surface area contributed by atoms with E-state index >= 15 is 0 Å². The van der Waals surface area contributed by atoms with Crippen molar-refractivity contribution in [3.63, 3.8) is 0 Å². The van der Waals surface area contributed by atoms with Crippen molar-refractivity contribution in [2.45, 2.75) is 0 Å². The number of nitrogens with two attached hydrogens (primary N) is 1. The predicted molar refractivity (Wildman–Crippen MR) is 149 cm³/mol. The van der Waals surface area contributed by atoms with Gasteiger partial charge in [0.15, 0.2) is 0 Å². The monoisotopic (exact) mass is 526 g/mol. The number of nitrogens with one attached hydrogen (secondary N) is 1. The van der Waals surface area contributed by atoms with Gasteiger partial charge in [-0.3, -0.25) is 14.9 Å². The smallest absolute Gasteiger partial charge is 0.273 e. The first-order chi connectivity index (χ1) is 18.4. The lowest BCUT2D eigenvalue weighted by Crippen LogP contribution is -2.13. The van der Waals surface area contributed by atoms with E-state index in [1.54, 1.807) is 7.11 Å². The Balaban J connectivity index is 1.62. The lowest BCUT2D eigenvalue weighted by molar-refractivity contribution is -0.384. The Labute approximate surface area is 221 Å². The number of ether oxygens (including phenoxy) is 2. The maximum atomic E-state index is 13.4. The van der Waals surface area contributed by atoms with Gasteiger partial charge in [0.05, 0.1) is 42.3 Å². The maximum Gasteiger partial charge on any atom is 0.273 e. The Bertz CT molecular complexity index is 1670. The fraction of sp³-hybridized carbons (Fsp3) is 0.0714. The summed E-state index contributed by atoms with van der Waals surface area (Å²) in [5.41, 5.74) is 10.4. The van der Waals surface area contributed by atoms with Gasteiger partial charge >= 0.3 is 0 Å². The molecule has 0 saturated carbocycles. The molecule has 0 radical (unpaired) electrons. The number of hydrogen-bond acceptors (Lipinski definition) is 8. The van der Waals surface area contributed by atoms with Crippen LogP contribution < -0.4 is 20.5 Å².